The average Bonchev–Trinajstić information content (AvgIpc) is 1.98. The molecular formula is C10H15ClO2. The van der Waals surface area contributed by atoms with Crippen LogP contribution >= 0.6 is 11.6 Å². The highest BCUT2D eigenvalue weighted by Crippen LogP contribution is 2.29. The molecule has 0 aromatic rings. The fourth-order valence-electron chi connectivity index (χ4n) is 1.58. The lowest BCUT2D eigenvalue weighted by Crippen LogP contribution is -2.33. The lowest BCUT2D eigenvalue weighted by molar-refractivity contribution is -0.117. The predicted octanol–water partition coefficient (Wildman–Crippen LogP) is 2.51. The first-order valence-corrected chi connectivity index (χ1v) is 4.90. The van der Waals surface area contributed by atoms with Gasteiger partial charge < -0.3 is 4.74 Å². The number of hydrogen-bond acceptors (Lipinski definition) is 2. The van der Waals surface area contributed by atoms with Crippen molar-refractivity contribution in [3.8, 4) is 0 Å². The minimum absolute atomic E-state index is 0.0660. The van der Waals surface area contributed by atoms with Gasteiger partial charge in [-0.3, -0.25) is 4.79 Å². The lowest BCUT2D eigenvalue weighted by Gasteiger charge is -2.34. The second-order valence-corrected chi connectivity index (χ2v) is 4.10. The largest absolute Gasteiger partial charge is 0.374 e. The molecule has 3 heteroatoms. The lowest BCUT2D eigenvalue weighted by atomic mass is 9.89. The fourth-order valence-corrected chi connectivity index (χ4v) is 1.75. The molecule has 0 aliphatic carbocycles. The van der Waals surface area contributed by atoms with Crippen molar-refractivity contribution in [1.29, 1.82) is 0 Å². The van der Waals surface area contributed by atoms with Crippen molar-refractivity contribution < 1.29 is 9.53 Å². The van der Waals surface area contributed by atoms with E-state index in [0.717, 1.165) is 12.0 Å². The predicted molar refractivity (Wildman–Crippen MR) is 52.7 cm³/mol. The minimum atomic E-state index is -0.334. The van der Waals surface area contributed by atoms with Gasteiger partial charge in [0.25, 0.3) is 0 Å². The second-order valence-electron chi connectivity index (χ2n) is 3.67. The van der Waals surface area contributed by atoms with Gasteiger partial charge in [0.2, 0.25) is 5.24 Å². The highest BCUT2D eigenvalue weighted by atomic mass is 35.5. The third kappa shape index (κ3) is 2.82. The monoisotopic (exact) mass is 202 g/mol. The zero-order chi connectivity index (χ0) is 10.0. The van der Waals surface area contributed by atoms with Crippen molar-refractivity contribution in [3.05, 3.63) is 12.2 Å². The molecule has 3 unspecified atom stereocenters. The Morgan fingerprint density at radius 2 is 2.31 bits per heavy atom. The van der Waals surface area contributed by atoms with Crippen LogP contribution in [0.5, 0.6) is 0 Å². The van der Waals surface area contributed by atoms with E-state index in [1.807, 2.05) is 6.92 Å². The highest BCUT2D eigenvalue weighted by molar-refractivity contribution is 6.63. The molecule has 13 heavy (non-hydrogen) atoms. The van der Waals surface area contributed by atoms with Gasteiger partial charge in [-0.1, -0.05) is 19.1 Å². The molecule has 0 aromatic heterocycles. The molecule has 74 valence electrons. The van der Waals surface area contributed by atoms with Crippen LogP contribution in [-0.4, -0.2) is 17.5 Å². The smallest absolute Gasteiger partial charge is 0.224 e. The van der Waals surface area contributed by atoms with Crippen molar-refractivity contribution in [2.24, 2.45) is 5.92 Å². The van der Waals surface area contributed by atoms with Crippen molar-refractivity contribution in [3.63, 3.8) is 0 Å². The van der Waals surface area contributed by atoms with E-state index >= 15 is 0 Å². The third-order valence-corrected chi connectivity index (χ3v) is 2.79. The molecule has 1 aliphatic heterocycles. The summed E-state index contributed by atoms with van der Waals surface area (Å²) in [6.45, 7) is 8.06. The van der Waals surface area contributed by atoms with Gasteiger partial charge in [0, 0.05) is 12.3 Å². The molecule has 0 N–H and O–H groups in total. The van der Waals surface area contributed by atoms with E-state index in [1.165, 1.54) is 0 Å². The number of carbonyl (C=O) groups excluding carboxylic acids is 1. The normalized spacial score (nSPS) is 34.7. The topological polar surface area (TPSA) is 26.3 Å². The summed E-state index contributed by atoms with van der Waals surface area (Å²) in [6.07, 6.45) is 1.12. The summed E-state index contributed by atoms with van der Waals surface area (Å²) in [5.41, 5.74) is 1.15. The van der Waals surface area contributed by atoms with Gasteiger partial charge in [-0.25, -0.2) is 0 Å². The molecule has 0 saturated carbocycles. The maximum Gasteiger partial charge on any atom is 0.224 e. The van der Waals surface area contributed by atoms with Crippen LogP contribution in [0.25, 0.3) is 0 Å². The Balaban J connectivity index is 2.53. The first-order valence-electron chi connectivity index (χ1n) is 4.52. The molecule has 0 spiro atoms. The molecule has 0 radical (unpaired) electrons. The summed E-state index contributed by atoms with van der Waals surface area (Å²) in [5.74, 6) is 0.377. The number of hydrogen-bond donors (Lipinski definition) is 0. The first-order chi connectivity index (χ1) is 6.00. The number of carbonyl (C=O) groups is 1. The summed E-state index contributed by atoms with van der Waals surface area (Å²) in [4.78, 5) is 10.7. The first kappa shape index (κ1) is 10.7. The number of halogens is 1. The Morgan fingerprint density at radius 1 is 1.69 bits per heavy atom. The molecule has 1 fully saturated rings. The van der Waals surface area contributed by atoms with Gasteiger partial charge in [0.05, 0.1) is 12.2 Å². The van der Waals surface area contributed by atoms with Crippen molar-refractivity contribution in [2.75, 3.05) is 0 Å². The maximum atomic E-state index is 10.7. The number of rotatable bonds is 2. The Bertz CT molecular complexity index is 225. The van der Waals surface area contributed by atoms with Crippen LogP contribution in [0.1, 0.15) is 26.7 Å². The van der Waals surface area contributed by atoms with Crippen LogP contribution < -0.4 is 0 Å². The van der Waals surface area contributed by atoms with Crippen molar-refractivity contribution in [1.82, 2.24) is 0 Å². The quantitative estimate of drug-likeness (QED) is 0.508. The zero-order valence-corrected chi connectivity index (χ0v) is 8.80. The molecule has 0 bridgehead atoms. The molecule has 1 heterocycles. The Labute approximate surface area is 83.9 Å². The average molecular weight is 203 g/mol. The van der Waals surface area contributed by atoms with E-state index in [1.54, 1.807) is 0 Å². The van der Waals surface area contributed by atoms with Gasteiger partial charge >= 0.3 is 0 Å². The Hall–Kier alpha value is -0.340. The summed E-state index contributed by atoms with van der Waals surface area (Å²) < 4.78 is 5.61. The van der Waals surface area contributed by atoms with Crippen LogP contribution in [0.2, 0.25) is 0 Å². The molecule has 2 nitrogen and oxygen atoms in total. The fraction of sp³-hybridized carbons (Fsp3) is 0.700. The van der Waals surface area contributed by atoms with Gasteiger partial charge in [-0.05, 0) is 24.9 Å². The SMILES string of the molecule is C=C1CC(CC(=O)Cl)OC(C)C1C. The maximum absolute atomic E-state index is 10.7. The Morgan fingerprint density at radius 3 is 2.77 bits per heavy atom. The summed E-state index contributed by atoms with van der Waals surface area (Å²) in [6, 6.07) is 0. The molecule has 0 aromatic carbocycles. The molecule has 0 amide bonds. The highest BCUT2D eigenvalue weighted by Gasteiger charge is 2.28. The summed E-state index contributed by atoms with van der Waals surface area (Å²) in [7, 11) is 0. The summed E-state index contributed by atoms with van der Waals surface area (Å²) in [5, 5.41) is -0.334. The molecule has 1 saturated heterocycles. The third-order valence-electron chi connectivity index (χ3n) is 2.63. The molecule has 1 aliphatic rings. The van der Waals surface area contributed by atoms with E-state index in [0.29, 0.717) is 5.92 Å². The number of ether oxygens (including phenoxy) is 1. The molecular weight excluding hydrogens is 188 g/mol. The van der Waals surface area contributed by atoms with E-state index in [4.69, 9.17) is 16.3 Å². The van der Waals surface area contributed by atoms with Crippen LogP contribution in [0.4, 0.5) is 0 Å². The van der Waals surface area contributed by atoms with Crippen LogP contribution in [0.3, 0.4) is 0 Å². The van der Waals surface area contributed by atoms with Crippen LogP contribution in [-0.2, 0) is 9.53 Å². The molecule has 1 rings (SSSR count). The van der Waals surface area contributed by atoms with Crippen LogP contribution in [0, 0.1) is 5.92 Å². The van der Waals surface area contributed by atoms with E-state index < -0.39 is 0 Å². The minimum Gasteiger partial charge on any atom is -0.374 e. The van der Waals surface area contributed by atoms with E-state index in [-0.39, 0.29) is 23.9 Å². The zero-order valence-electron chi connectivity index (χ0n) is 8.05. The van der Waals surface area contributed by atoms with Gasteiger partial charge in [0.15, 0.2) is 0 Å². The van der Waals surface area contributed by atoms with E-state index in [9.17, 15) is 4.79 Å². The second kappa shape index (κ2) is 4.25. The van der Waals surface area contributed by atoms with Crippen molar-refractivity contribution >= 4 is 16.8 Å². The standard InChI is InChI=1S/C10H15ClO2/c1-6-4-9(5-10(11)12)13-8(3)7(6)2/h7-9H,1,4-5H2,2-3H3. The van der Waals surface area contributed by atoms with Gasteiger partial charge in [0.1, 0.15) is 0 Å². The Kier molecular flexibility index (Phi) is 3.51. The summed E-state index contributed by atoms with van der Waals surface area (Å²) >= 11 is 5.29. The van der Waals surface area contributed by atoms with Crippen molar-refractivity contribution in [2.45, 2.75) is 38.9 Å². The molecule has 3 atom stereocenters. The van der Waals surface area contributed by atoms with Gasteiger partial charge in [-0.2, -0.15) is 0 Å². The van der Waals surface area contributed by atoms with Gasteiger partial charge in [-0.15, -0.1) is 0 Å². The van der Waals surface area contributed by atoms with Crippen LogP contribution in [0.15, 0.2) is 12.2 Å². The van der Waals surface area contributed by atoms with E-state index in [2.05, 4.69) is 13.5 Å².